The van der Waals surface area contributed by atoms with Crippen LogP contribution in [0.5, 0.6) is 0 Å². The summed E-state index contributed by atoms with van der Waals surface area (Å²) in [4.78, 5) is 4.15. The number of aliphatic hydroxyl groups is 1. The van der Waals surface area contributed by atoms with Crippen LogP contribution in [0, 0.1) is 11.7 Å². The molecule has 0 aliphatic carbocycles. The van der Waals surface area contributed by atoms with E-state index in [0.717, 1.165) is 12.1 Å². The minimum absolute atomic E-state index is 0.153. The standard InChI is InChI=1S/C15H21FN4O2/c1-9(2)5-10-6-11(16)13-7-17-15(19-20(10)13)18-12-3-4-22-8-14(12)21/h6-7,9,12,14,21H,3-5,8H2,1-2H3,(H,18,19)/t12-,14-/m1/s1. The van der Waals surface area contributed by atoms with Gasteiger partial charge in [-0.05, 0) is 24.8 Å². The highest BCUT2D eigenvalue weighted by Gasteiger charge is 2.24. The molecule has 0 spiro atoms. The molecule has 3 rings (SSSR count). The number of ether oxygens (including phenoxy) is 1. The summed E-state index contributed by atoms with van der Waals surface area (Å²) in [6.07, 6.45) is 2.30. The third-order valence-electron chi connectivity index (χ3n) is 3.80. The summed E-state index contributed by atoms with van der Waals surface area (Å²) >= 11 is 0. The fraction of sp³-hybridized carbons (Fsp3) is 0.600. The molecule has 120 valence electrons. The molecular weight excluding hydrogens is 287 g/mol. The molecule has 1 fully saturated rings. The van der Waals surface area contributed by atoms with E-state index >= 15 is 0 Å². The van der Waals surface area contributed by atoms with E-state index in [1.807, 2.05) is 0 Å². The smallest absolute Gasteiger partial charge is 0.241 e. The van der Waals surface area contributed by atoms with Gasteiger partial charge in [-0.2, -0.15) is 0 Å². The van der Waals surface area contributed by atoms with Gasteiger partial charge >= 0.3 is 0 Å². The molecule has 2 aromatic heterocycles. The fourth-order valence-corrected chi connectivity index (χ4v) is 2.70. The molecule has 2 atom stereocenters. The summed E-state index contributed by atoms with van der Waals surface area (Å²) < 4.78 is 20.7. The first-order valence-electron chi connectivity index (χ1n) is 7.60. The molecule has 0 radical (unpaired) electrons. The molecule has 1 saturated heterocycles. The lowest BCUT2D eigenvalue weighted by molar-refractivity contribution is -0.0136. The number of nitrogens with one attached hydrogen (secondary N) is 1. The van der Waals surface area contributed by atoms with Crippen LogP contribution in [-0.2, 0) is 11.2 Å². The van der Waals surface area contributed by atoms with Crippen LogP contribution in [0.3, 0.4) is 0 Å². The van der Waals surface area contributed by atoms with Gasteiger partial charge in [-0.1, -0.05) is 13.8 Å². The largest absolute Gasteiger partial charge is 0.389 e. The van der Waals surface area contributed by atoms with Crippen LogP contribution >= 0.6 is 0 Å². The van der Waals surface area contributed by atoms with E-state index in [1.165, 1.54) is 12.3 Å². The number of aromatic nitrogens is 3. The molecule has 0 saturated carbocycles. The van der Waals surface area contributed by atoms with E-state index in [2.05, 4.69) is 29.2 Å². The second-order valence-electron chi connectivity index (χ2n) is 6.14. The Kier molecular flexibility index (Phi) is 4.26. The van der Waals surface area contributed by atoms with Crippen molar-refractivity contribution in [1.82, 2.24) is 14.6 Å². The van der Waals surface area contributed by atoms with Gasteiger partial charge in [-0.3, -0.25) is 0 Å². The van der Waals surface area contributed by atoms with Crippen LogP contribution in [0.4, 0.5) is 10.3 Å². The van der Waals surface area contributed by atoms with Gasteiger partial charge in [-0.15, -0.1) is 5.10 Å². The van der Waals surface area contributed by atoms with E-state index < -0.39 is 6.10 Å². The highest BCUT2D eigenvalue weighted by molar-refractivity contribution is 5.50. The predicted octanol–water partition coefficient (Wildman–Crippen LogP) is 1.63. The molecule has 1 aliphatic heterocycles. The summed E-state index contributed by atoms with van der Waals surface area (Å²) in [6.45, 7) is 5.05. The molecule has 6 nitrogen and oxygen atoms in total. The zero-order chi connectivity index (χ0) is 15.7. The second-order valence-corrected chi connectivity index (χ2v) is 6.14. The minimum Gasteiger partial charge on any atom is -0.389 e. The van der Waals surface area contributed by atoms with Gasteiger partial charge in [0.05, 0.1) is 24.9 Å². The van der Waals surface area contributed by atoms with Crippen molar-refractivity contribution in [2.45, 2.75) is 38.8 Å². The van der Waals surface area contributed by atoms with Crippen molar-refractivity contribution in [3.63, 3.8) is 0 Å². The first-order chi connectivity index (χ1) is 10.5. The van der Waals surface area contributed by atoms with Crippen molar-refractivity contribution in [1.29, 1.82) is 0 Å². The average Bonchev–Trinajstić information content (AvgIpc) is 2.77. The molecule has 0 bridgehead atoms. The lowest BCUT2D eigenvalue weighted by Gasteiger charge is -2.28. The molecule has 0 aromatic carbocycles. The lowest BCUT2D eigenvalue weighted by Crippen LogP contribution is -2.42. The zero-order valence-corrected chi connectivity index (χ0v) is 12.8. The lowest BCUT2D eigenvalue weighted by atomic mass is 10.1. The Balaban J connectivity index is 1.87. The molecule has 2 aromatic rings. The number of hydrogen-bond donors (Lipinski definition) is 2. The number of nitrogens with zero attached hydrogens (tertiary/aromatic N) is 3. The minimum atomic E-state index is -0.593. The summed E-state index contributed by atoms with van der Waals surface area (Å²) in [6, 6.07) is 1.36. The Labute approximate surface area is 128 Å². The molecule has 2 N–H and O–H groups in total. The first kappa shape index (κ1) is 15.2. The Morgan fingerprint density at radius 3 is 3.09 bits per heavy atom. The van der Waals surface area contributed by atoms with E-state index in [-0.39, 0.29) is 11.9 Å². The highest BCUT2D eigenvalue weighted by Crippen LogP contribution is 2.19. The second kappa shape index (κ2) is 6.18. The van der Waals surface area contributed by atoms with Crippen molar-refractivity contribution in [2.75, 3.05) is 18.5 Å². The Morgan fingerprint density at radius 2 is 2.36 bits per heavy atom. The Bertz CT molecular complexity index is 658. The van der Waals surface area contributed by atoms with Gasteiger partial charge in [-0.25, -0.2) is 13.9 Å². The number of fused-ring (bicyclic) bond motifs is 1. The third-order valence-corrected chi connectivity index (χ3v) is 3.80. The molecule has 3 heterocycles. The molecule has 22 heavy (non-hydrogen) atoms. The zero-order valence-electron chi connectivity index (χ0n) is 12.8. The number of anilines is 1. The Hall–Kier alpha value is -1.73. The maximum absolute atomic E-state index is 13.9. The van der Waals surface area contributed by atoms with Crippen LogP contribution in [-0.4, -0.2) is 45.1 Å². The van der Waals surface area contributed by atoms with Gasteiger partial charge in [0.15, 0.2) is 5.82 Å². The van der Waals surface area contributed by atoms with Crippen LogP contribution in [0.15, 0.2) is 12.3 Å². The van der Waals surface area contributed by atoms with Crippen molar-refractivity contribution < 1.29 is 14.2 Å². The van der Waals surface area contributed by atoms with Gasteiger partial charge in [0, 0.05) is 12.3 Å². The van der Waals surface area contributed by atoms with Crippen molar-refractivity contribution in [2.24, 2.45) is 5.92 Å². The number of hydrogen-bond acceptors (Lipinski definition) is 5. The normalized spacial score (nSPS) is 22.4. The van der Waals surface area contributed by atoms with E-state index in [0.29, 0.717) is 37.0 Å². The molecule has 7 heteroatoms. The van der Waals surface area contributed by atoms with Crippen LogP contribution in [0.25, 0.3) is 5.52 Å². The Morgan fingerprint density at radius 1 is 1.55 bits per heavy atom. The van der Waals surface area contributed by atoms with Crippen molar-refractivity contribution in [3.8, 4) is 0 Å². The predicted molar refractivity (Wildman–Crippen MR) is 80.3 cm³/mol. The molecule has 0 unspecified atom stereocenters. The van der Waals surface area contributed by atoms with Crippen molar-refractivity contribution >= 4 is 11.5 Å². The first-order valence-corrected chi connectivity index (χ1v) is 7.60. The molecule has 1 aliphatic rings. The summed E-state index contributed by atoms with van der Waals surface area (Å²) in [7, 11) is 0. The fourth-order valence-electron chi connectivity index (χ4n) is 2.70. The highest BCUT2D eigenvalue weighted by atomic mass is 19.1. The van der Waals surface area contributed by atoms with Crippen LogP contribution in [0.2, 0.25) is 0 Å². The molecular formula is C15H21FN4O2. The van der Waals surface area contributed by atoms with E-state index in [1.54, 1.807) is 4.52 Å². The topological polar surface area (TPSA) is 71.7 Å². The number of aliphatic hydroxyl groups excluding tert-OH is 1. The quantitative estimate of drug-likeness (QED) is 0.898. The monoisotopic (exact) mass is 308 g/mol. The van der Waals surface area contributed by atoms with Gasteiger partial charge in [0.2, 0.25) is 5.95 Å². The summed E-state index contributed by atoms with van der Waals surface area (Å²) in [5.74, 6) is 0.480. The number of rotatable bonds is 4. The summed E-state index contributed by atoms with van der Waals surface area (Å²) in [5, 5.41) is 17.4. The van der Waals surface area contributed by atoms with E-state index in [4.69, 9.17) is 4.74 Å². The van der Waals surface area contributed by atoms with Gasteiger partial charge in [0.1, 0.15) is 5.52 Å². The molecule has 0 amide bonds. The number of halogens is 1. The van der Waals surface area contributed by atoms with E-state index in [9.17, 15) is 9.50 Å². The van der Waals surface area contributed by atoms with Gasteiger partial charge < -0.3 is 15.2 Å². The maximum Gasteiger partial charge on any atom is 0.241 e. The average molecular weight is 308 g/mol. The third kappa shape index (κ3) is 3.05. The maximum atomic E-state index is 13.9. The summed E-state index contributed by atoms with van der Waals surface area (Å²) in [5.41, 5.74) is 1.19. The van der Waals surface area contributed by atoms with Crippen molar-refractivity contribution in [3.05, 3.63) is 23.8 Å². The SMILES string of the molecule is CC(C)Cc1cc(F)c2cnc(N[C@@H]3CCOC[C@H]3O)nn12. The van der Waals surface area contributed by atoms with Gasteiger partial charge in [0.25, 0.3) is 0 Å². The van der Waals surface area contributed by atoms with Crippen LogP contribution in [0.1, 0.15) is 26.0 Å². The van der Waals surface area contributed by atoms with Crippen LogP contribution < -0.4 is 5.32 Å².